The van der Waals surface area contributed by atoms with Crippen LogP contribution in [0.3, 0.4) is 0 Å². The minimum atomic E-state index is -0.872. The molecule has 0 aromatic heterocycles. The van der Waals surface area contributed by atoms with Gasteiger partial charge in [0.15, 0.2) is 0 Å². The second-order valence-electron chi connectivity index (χ2n) is 23.6. The number of rotatable bonds is 64. The number of carbonyl (C=O) groups is 1. The second-order valence-corrected chi connectivity index (χ2v) is 23.6. The Hall–Kier alpha value is -1.91. The number of carbonyl (C=O) groups excluding carboxylic acids is 1. The summed E-state index contributed by atoms with van der Waals surface area (Å²) in [5.41, 5.74) is 0. The number of aliphatic hydroxyl groups excluding tert-OH is 2. The van der Waals surface area contributed by atoms with Crippen LogP contribution in [0, 0.1) is 0 Å². The lowest BCUT2D eigenvalue weighted by Crippen LogP contribution is -2.45. The minimum Gasteiger partial charge on any atom is -0.394 e. The van der Waals surface area contributed by atoms with Crippen molar-refractivity contribution < 1.29 is 15.0 Å². The number of amides is 1. The first kappa shape index (κ1) is 74.1. The zero-order valence-corrected chi connectivity index (χ0v) is 51.5. The van der Waals surface area contributed by atoms with Gasteiger partial charge in [0.1, 0.15) is 0 Å². The van der Waals surface area contributed by atoms with Crippen molar-refractivity contribution in [1.82, 2.24) is 5.32 Å². The van der Waals surface area contributed by atoms with E-state index in [0.717, 1.165) is 44.9 Å². The first-order valence-electron chi connectivity index (χ1n) is 34.5. The number of allylic oxidation sites excluding steroid dienone is 9. The van der Waals surface area contributed by atoms with E-state index in [1.54, 1.807) is 6.08 Å². The molecule has 2 atom stereocenters. The summed E-state index contributed by atoms with van der Waals surface area (Å²) in [5.74, 6) is -0.0718. The van der Waals surface area contributed by atoms with Crippen molar-refractivity contribution in [2.75, 3.05) is 6.61 Å². The van der Waals surface area contributed by atoms with Crippen LogP contribution in [0.4, 0.5) is 0 Å². The van der Waals surface area contributed by atoms with Crippen LogP contribution >= 0.6 is 0 Å². The number of aliphatic hydroxyl groups is 2. The predicted molar refractivity (Wildman–Crippen MR) is 341 cm³/mol. The lowest BCUT2D eigenvalue weighted by atomic mass is 10.0. The fraction of sp³-hybridized carbons (Fsp3) is 0.847. The van der Waals surface area contributed by atoms with Crippen LogP contribution in [-0.2, 0) is 4.79 Å². The molecule has 4 nitrogen and oxygen atoms in total. The SMILES string of the molecule is CCCCCCC/C=C\C/C=C\CCCCCCCCCCCCCCCCCCCCCCCCCC(=O)NC(CO)C(O)/C=C/CC/C=C/CC/C=C/CCCCCCCCCCCCCCCCCCCCC. The molecule has 4 heteroatoms. The molecule has 0 radical (unpaired) electrons. The Balaban J connectivity index is 3.48. The normalized spacial score (nSPS) is 13.1. The van der Waals surface area contributed by atoms with Crippen LogP contribution in [0.25, 0.3) is 0 Å². The van der Waals surface area contributed by atoms with E-state index < -0.39 is 12.1 Å². The molecule has 3 N–H and O–H groups in total. The monoisotopic (exact) mass is 1060 g/mol. The molecule has 0 aliphatic rings. The molecule has 0 spiro atoms. The van der Waals surface area contributed by atoms with Gasteiger partial charge in [-0.15, -0.1) is 0 Å². The van der Waals surface area contributed by atoms with E-state index >= 15 is 0 Å². The van der Waals surface area contributed by atoms with Crippen LogP contribution in [-0.4, -0.2) is 34.9 Å². The fourth-order valence-electron chi connectivity index (χ4n) is 10.7. The quantitative estimate of drug-likeness (QED) is 0.0420. The summed E-state index contributed by atoms with van der Waals surface area (Å²) in [7, 11) is 0. The van der Waals surface area contributed by atoms with Crippen LogP contribution in [0.5, 0.6) is 0 Å². The van der Waals surface area contributed by atoms with Crippen molar-refractivity contribution in [2.24, 2.45) is 0 Å². The van der Waals surface area contributed by atoms with Crippen LogP contribution in [0.15, 0.2) is 60.8 Å². The van der Waals surface area contributed by atoms with Crippen molar-refractivity contribution in [3.05, 3.63) is 60.8 Å². The predicted octanol–water partition coefficient (Wildman–Crippen LogP) is 23.5. The zero-order chi connectivity index (χ0) is 54.8. The number of nitrogens with one attached hydrogen (secondary N) is 1. The van der Waals surface area contributed by atoms with Gasteiger partial charge >= 0.3 is 0 Å². The van der Waals surface area contributed by atoms with Gasteiger partial charge < -0.3 is 15.5 Å². The van der Waals surface area contributed by atoms with Gasteiger partial charge in [0.25, 0.3) is 0 Å². The lowest BCUT2D eigenvalue weighted by molar-refractivity contribution is -0.123. The summed E-state index contributed by atoms with van der Waals surface area (Å²) in [6.07, 6.45) is 96.0. The highest BCUT2D eigenvalue weighted by Gasteiger charge is 2.18. The Morgan fingerprint density at radius 2 is 0.553 bits per heavy atom. The standard InChI is InChI=1S/C72H135NO3/c1-3-5-7-9-11-13-15-17-19-21-23-25-27-29-31-33-34-35-36-37-38-40-42-44-46-48-50-52-54-56-58-60-62-64-66-68-72(76)73-70(69-74)71(75)67-65-63-61-59-57-55-53-51-49-47-45-43-41-39-32-30-28-26-24-22-20-18-16-14-12-10-8-6-4-2/h15,17,21,23,49,51,57,59,65,67,70-71,74-75H,3-14,16,18-20,22,24-48,50,52-56,58,60-64,66,68-69H2,1-2H3,(H,73,76)/b17-15-,23-21-,51-49+,59-57+,67-65+. The third-order valence-corrected chi connectivity index (χ3v) is 16.0. The summed E-state index contributed by atoms with van der Waals surface area (Å²) in [5, 5.41) is 23.2. The maximum Gasteiger partial charge on any atom is 0.220 e. The van der Waals surface area contributed by atoms with Crippen LogP contribution < -0.4 is 5.32 Å². The van der Waals surface area contributed by atoms with Crippen molar-refractivity contribution in [1.29, 1.82) is 0 Å². The molecule has 1 amide bonds. The molecular formula is C72H135NO3. The molecule has 0 aliphatic heterocycles. The molecule has 0 aromatic rings. The summed E-state index contributed by atoms with van der Waals surface area (Å²) >= 11 is 0. The van der Waals surface area contributed by atoms with Gasteiger partial charge in [-0.3, -0.25) is 4.79 Å². The maximum atomic E-state index is 12.5. The Bertz CT molecular complexity index is 1250. The van der Waals surface area contributed by atoms with Crippen molar-refractivity contribution in [3.8, 4) is 0 Å². The van der Waals surface area contributed by atoms with E-state index in [4.69, 9.17) is 0 Å². The van der Waals surface area contributed by atoms with Crippen LogP contribution in [0.2, 0.25) is 0 Å². The second kappa shape index (κ2) is 67.4. The first-order valence-corrected chi connectivity index (χ1v) is 34.5. The summed E-state index contributed by atoms with van der Waals surface area (Å²) in [4.78, 5) is 12.5. The highest BCUT2D eigenvalue weighted by atomic mass is 16.3. The fourth-order valence-corrected chi connectivity index (χ4v) is 10.7. The largest absolute Gasteiger partial charge is 0.394 e. The average Bonchev–Trinajstić information content (AvgIpc) is 3.42. The average molecular weight is 1060 g/mol. The van der Waals surface area contributed by atoms with Crippen molar-refractivity contribution in [3.63, 3.8) is 0 Å². The van der Waals surface area contributed by atoms with E-state index in [-0.39, 0.29) is 12.5 Å². The molecule has 446 valence electrons. The molecule has 0 saturated heterocycles. The molecule has 0 bridgehead atoms. The third-order valence-electron chi connectivity index (χ3n) is 16.0. The van der Waals surface area contributed by atoms with Crippen molar-refractivity contribution >= 4 is 5.91 Å². The lowest BCUT2D eigenvalue weighted by Gasteiger charge is -2.19. The van der Waals surface area contributed by atoms with Gasteiger partial charge in [-0.05, 0) is 77.0 Å². The summed E-state index contributed by atoms with van der Waals surface area (Å²) in [6.45, 7) is 4.32. The molecule has 0 rings (SSSR count). The molecule has 0 saturated carbocycles. The molecule has 2 unspecified atom stereocenters. The topological polar surface area (TPSA) is 69.6 Å². The minimum absolute atomic E-state index is 0.0718. The van der Waals surface area contributed by atoms with E-state index in [9.17, 15) is 15.0 Å². The van der Waals surface area contributed by atoms with E-state index in [2.05, 4.69) is 67.8 Å². The third kappa shape index (κ3) is 62.9. The van der Waals surface area contributed by atoms with Gasteiger partial charge in [0.05, 0.1) is 18.8 Å². The van der Waals surface area contributed by atoms with E-state index in [0.29, 0.717) is 6.42 Å². The van der Waals surface area contributed by atoms with Crippen molar-refractivity contribution in [2.45, 2.75) is 386 Å². The number of hydrogen-bond donors (Lipinski definition) is 3. The number of hydrogen-bond acceptors (Lipinski definition) is 3. The van der Waals surface area contributed by atoms with Gasteiger partial charge in [-0.25, -0.2) is 0 Å². The Morgan fingerprint density at radius 3 is 0.842 bits per heavy atom. The van der Waals surface area contributed by atoms with Crippen LogP contribution in [0.1, 0.15) is 373 Å². The number of unbranched alkanes of at least 4 members (excludes halogenated alkanes) is 49. The smallest absolute Gasteiger partial charge is 0.220 e. The Morgan fingerprint density at radius 1 is 0.316 bits per heavy atom. The molecule has 76 heavy (non-hydrogen) atoms. The molecule has 0 aromatic carbocycles. The van der Waals surface area contributed by atoms with Gasteiger partial charge in [0.2, 0.25) is 5.91 Å². The Kier molecular flexibility index (Phi) is 65.7. The first-order chi connectivity index (χ1) is 37.7. The van der Waals surface area contributed by atoms with E-state index in [1.807, 2.05) is 6.08 Å². The van der Waals surface area contributed by atoms with Gasteiger partial charge in [-0.1, -0.05) is 351 Å². The van der Waals surface area contributed by atoms with Gasteiger partial charge in [-0.2, -0.15) is 0 Å². The molecule has 0 heterocycles. The zero-order valence-electron chi connectivity index (χ0n) is 51.5. The molecule has 0 aliphatic carbocycles. The Labute approximate surface area is 477 Å². The summed E-state index contributed by atoms with van der Waals surface area (Å²) in [6, 6.07) is -0.648. The maximum absolute atomic E-state index is 12.5. The van der Waals surface area contributed by atoms with E-state index in [1.165, 1.54) is 308 Å². The molecular weight excluding hydrogens is 927 g/mol. The highest BCUT2D eigenvalue weighted by Crippen LogP contribution is 2.18. The van der Waals surface area contributed by atoms with Gasteiger partial charge in [0, 0.05) is 6.42 Å². The highest BCUT2D eigenvalue weighted by molar-refractivity contribution is 5.76. The molecule has 0 fully saturated rings. The summed E-state index contributed by atoms with van der Waals surface area (Å²) < 4.78 is 0.